The normalized spacial score (nSPS) is 12.6. The van der Waals surface area contributed by atoms with E-state index < -0.39 is 29.8 Å². The summed E-state index contributed by atoms with van der Waals surface area (Å²) in [5.41, 5.74) is 5.76. The van der Waals surface area contributed by atoms with Gasteiger partial charge in [-0.25, -0.2) is 9.24 Å². The minimum atomic E-state index is -1.08. The number of amides is 2. The standard InChI is InChI=1S/C20H17FN4O3S/c1-11(26)17(20(28)25-24-19(27)12-3-5-13(21)6-4-12)23-15-7-8-16(22-2)18-14(15)9-10-29-18/h3-11,17,23,26H,1H3,(H,24,27)(H,25,28)/t11-,17-/m1/s1. The number of hydrazine groups is 1. The Balaban J connectivity index is 1.72. The van der Waals surface area contributed by atoms with Gasteiger partial charge in [-0.3, -0.25) is 20.4 Å². The third-order valence-electron chi connectivity index (χ3n) is 4.20. The molecule has 2 amide bonds. The van der Waals surface area contributed by atoms with Crippen LogP contribution in [0.5, 0.6) is 0 Å². The molecule has 0 aliphatic heterocycles. The fourth-order valence-corrected chi connectivity index (χ4v) is 3.58. The van der Waals surface area contributed by atoms with Gasteiger partial charge in [-0.05, 0) is 48.7 Å². The summed E-state index contributed by atoms with van der Waals surface area (Å²) in [5, 5.41) is 15.6. The van der Waals surface area contributed by atoms with Crippen LogP contribution in [0, 0.1) is 12.4 Å². The number of aliphatic hydroxyl groups is 1. The van der Waals surface area contributed by atoms with Gasteiger partial charge in [-0.1, -0.05) is 6.07 Å². The summed E-state index contributed by atoms with van der Waals surface area (Å²) in [6, 6.07) is 8.91. The van der Waals surface area contributed by atoms with Crippen LogP contribution in [0.15, 0.2) is 47.8 Å². The zero-order valence-corrected chi connectivity index (χ0v) is 16.1. The topological polar surface area (TPSA) is 94.8 Å². The van der Waals surface area contributed by atoms with Crippen LogP contribution >= 0.6 is 11.3 Å². The molecule has 0 saturated heterocycles. The predicted octanol–water partition coefficient (Wildman–Crippen LogP) is 3.21. The molecule has 0 spiro atoms. The number of anilines is 1. The highest BCUT2D eigenvalue weighted by molar-refractivity contribution is 7.18. The largest absolute Gasteiger partial charge is 0.391 e. The third kappa shape index (κ3) is 4.51. The molecule has 0 aliphatic carbocycles. The first-order valence-electron chi connectivity index (χ1n) is 8.58. The molecule has 2 aromatic carbocycles. The second-order valence-electron chi connectivity index (χ2n) is 6.22. The molecule has 9 heteroatoms. The van der Waals surface area contributed by atoms with E-state index >= 15 is 0 Å². The van der Waals surface area contributed by atoms with E-state index in [2.05, 4.69) is 21.0 Å². The molecule has 0 fully saturated rings. The van der Waals surface area contributed by atoms with E-state index in [-0.39, 0.29) is 5.56 Å². The van der Waals surface area contributed by atoms with Gasteiger partial charge in [-0.2, -0.15) is 11.3 Å². The van der Waals surface area contributed by atoms with E-state index in [4.69, 9.17) is 6.57 Å². The number of rotatable bonds is 5. The van der Waals surface area contributed by atoms with Crippen molar-refractivity contribution in [1.29, 1.82) is 0 Å². The molecule has 7 nitrogen and oxygen atoms in total. The van der Waals surface area contributed by atoms with Crippen molar-refractivity contribution in [3.63, 3.8) is 0 Å². The highest BCUT2D eigenvalue weighted by Crippen LogP contribution is 2.36. The van der Waals surface area contributed by atoms with Crippen molar-refractivity contribution in [3.05, 3.63) is 70.6 Å². The molecule has 0 unspecified atom stereocenters. The number of aliphatic hydroxyl groups excluding tert-OH is 1. The molecule has 3 aromatic rings. The van der Waals surface area contributed by atoms with Gasteiger partial charge in [0.15, 0.2) is 0 Å². The smallest absolute Gasteiger partial charge is 0.269 e. The Labute approximate surface area is 170 Å². The zero-order valence-electron chi connectivity index (χ0n) is 15.3. The van der Waals surface area contributed by atoms with Crippen molar-refractivity contribution in [2.45, 2.75) is 19.1 Å². The number of benzene rings is 2. The van der Waals surface area contributed by atoms with Crippen LogP contribution < -0.4 is 16.2 Å². The molecule has 1 aromatic heterocycles. The van der Waals surface area contributed by atoms with Crippen molar-refractivity contribution >= 4 is 44.6 Å². The molecule has 2 atom stereocenters. The van der Waals surface area contributed by atoms with Crippen molar-refractivity contribution in [2.24, 2.45) is 0 Å². The minimum Gasteiger partial charge on any atom is -0.391 e. The van der Waals surface area contributed by atoms with Gasteiger partial charge < -0.3 is 10.4 Å². The highest BCUT2D eigenvalue weighted by Gasteiger charge is 2.25. The van der Waals surface area contributed by atoms with Gasteiger partial charge >= 0.3 is 0 Å². The van der Waals surface area contributed by atoms with Crippen molar-refractivity contribution in [1.82, 2.24) is 10.9 Å². The molecule has 3 rings (SSSR count). The Morgan fingerprint density at radius 3 is 2.52 bits per heavy atom. The monoisotopic (exact) mass is 412 g/mol. The lowest BCUT2D eigenvalue weighted by molar-refractivity contribution is -0.124. The van der Waals surface area contributed by atoms with Crippen LogP contribution in [0.2, 0.25) is 0 Å². The van der Waals surface area contributed by atoms with Crippen molar-refractivity contribution in [3.8, 4) is 0 Å². The lowest BCUT2D eigenvalue weighted by atomic mass is 10.1. The number of fused-ring (bicyclic) bond motifs is 1. The van der Waals surface area contributed by atoms with Crippen LogP contribution in [0.4, 0.5) is 15.8 Å². The highest BCUT2D eigenvalue weighted by atomic mass is 32.1. The van der Waals surface area contributed by atoms with Gasteiger partial charge in [0.25, 0.3) is 11.8 Å². The summed E-state index contributed by atoms with van der Waals surface area (Å²) in [5.74, 6) is -1.76. The fourth-order valence-electron chi connectivity index (χ4n) is 2.70. The maximum atomic E-state index is 12.9. The molecule has 1 heterocycles. The SMILES string of the molecule is [C-]#[N+]c1ccc(N[C@@H](C(=O)NNC(=O)c2ccc(F)cc2)[C@@H](C)O)c2ccsc12. The summed E-state index contributed by atoms with van der Waals surface area (Å²) in [7, 11) is 0. The number of carbonyl (C=O) groups excluding carboxylic acids is 2. The molecule has 4 N–H and O–H groups in total. The average molecular weight is 412 g/mol. The molecule has 0 radical (unpaired) electrons. The summed E-state index contributed by atoms with van der Waals surface area (Å²) in [6.07, 6.45) is -1.08. The Morgan fingerprint density at radius 2 is 1.86 bits per heavy atom. The Kier molecular flexibility index (Phi) is 6.07. The number of hydrogen-bond donors (Lipinski definition) is 4. The van der Waals surface area contributed by atoms with Crippen LogP contribution in [0.1, 0.15) is 17.3 Å². The van der Waals surface area contributed by atoms with E-state index in [1.807, 2.05) is 11.4 Å². The first-order valence-corrected chi connectivity index (χ1v) is 9.46. The summed E-state index contributed by atoms with van der Waals surface area (Å²) in [4.78, 5) is 28.1. The van der Waals surface area contributed by atoms with E-state index in [9.17, 15) is 19.1 Å². The quantitative estimate of drug-likeness (QED) is 0.382. The maximum absolute atomic E-state index is 12.9. The molecular weight excluding hydrogens is 395 g/mol. The van der Waals surface area contributed by atoms with Crippen molar-refractivity contribution < 1.29 is 19.1 Å². The van der Waals surface area contributed by atoms with Gasteiger partial charge in [0.2, 0.25) is 5.69 Å². The predicted molar refractivity (Wildman–Crippen MR) is 109 cm³/mol. The molecule has 0 aliphatic rings. The summed E-state index contributed by atoms with van der Waals surface area (Å²) >= 11 is 1.41. The van der Waals surface area contributed by atoms with E-state index in [0.29, 0.717) is 11.4 Å². The van der Waals surface area contributed by atoms with Gasteiger partial charge in [0.05, 0.1) is 12.7 Å². The van der Waals surface area contributed by atoms with Crippen LogP contribution in [0.25, 0.3) is 14.9 Å². The Bertz CT molecular complexity index is 1090. The molecule has 0 bridgehead atoms. The lowest BCUT2D eigenvalue weighted by Crippen LogP contribution is -2.52. The number of thiophene rings is 1. The summed E-state index contributed by atoms with van der Waals surface area (Å²) in [6.45, 7) is 8.68. The second kappa shape index (κ2) is 8.68. The first kappa shape index (κ1) is 20.3. The second-order valence-corrected chi connectivity index (χ2v) is 7.14. The zero-order chi connectivity index (χ0) is 21.0. The van der Waals surface area contributed by atoms with E-state index in [1.165, 1.54) is 30.4 Å². The minimum absolute atomic E-state index is 0.169. The Hall–Kier alpha value is -3.48. The average Bonchev–Trinajstić information content (AvgIpc) is 3.20. The number of carbonyl (C=O) groups is 2. The number of nitrogens with zero attached hydrogens (tertiary/aromatic N) is 1. The van der Waals surface area contributed by atoms with Crippen molar-refractivity contribution in [2.75, 3.05) is 5.32 Å². The molecule has 148 valence electrons. The van der Waals surface area contributed by atoms with Crippen LogP contribution in [-0.2, 0) is 4.79 Å². The van der Waals surface area contributed by atoms with E-state index in [0.717, 1.165) is 22.2 Å². The molecule has 29 heavy (non-hydrogen) atoms. The number of nitrogens with one attached hydrogen (secondary N) is 3. The van der Waals surface area contributed by atoms with E-state index in [1.54, 1.807) is 12.1 Å². The summed E-state index contributed by atoms with van der Waals surface area (Å²) < 4.78 is 13.7. The Morgan fingerprint density at radius 1 is 1.14 bits per heavy atom. The molecular formula is C20H17FN4O3S. The van der Waals surface area contributed by atoms with Gasteiger partial charge in [0, 0.05) is 21.3 Å². The van der Waals surface area contributed by atoms with Crippen LogP contribution in [-0.4, -0.2) is 29.1 Å². The van der Waals surface area contributed by atoms with Gasteiger partial charge in [-0.15, -0.1) is 0 Å². The fraction of sp³-hybridized carbons (Fsp3) is 0.150. The van der Waals surface area contributed by atoms with Crippen LogP contribution in [0.3, 0.4) is 0 Å². The first-order chi connectivity index (χ1) is 13.9. The third-order valence-corrected chi connectivity index (χ3v) is 5.13. The number of hydrogen-bond acceptors (Lipinski definition) is 5. The maximum Gasteiger partial charge on any atom is 0.269 e. The molecule has 0 saturated carbocycles. The number of halogens is 1. The lowest BCUT2D eigenvalue weighted by Gasteiger charge is -2.22. The van der Waals surface area contributed by atoms with Gasteiger partial charge in [0.1, 0.15) is 11.9 Å².